The van der Waals surface area contributed by atoms with Crippen LogP contribution < -0.4 is 9.62 Å². The number of aliphatic hydroxyl groups excluding tert-OH is 1. The minimum atomic E-state index is -2.94. The molecule has 0 aliphatic heterocycles. The van der Waals surface area contributed by atoms with Crippen LogP contribution in [-0.2, 0) is 46.8 Å². The zero-order chi connectivity index (χ0) is 32.3. The number of nitrogens with zero attached hydrogens (tertiary/aromatic N) is 3. The molecule has 45 heavy (non-hydrogen) atoms. The van der Waals surface area contributed by atoms with Gasteiger partial charge in [0, 0.05) is 24.3 Å². The summed E-state index contributed by atoms with van der Waals surface area (Å²) >= 11 is 7.65. The Hall–Kier alpha value is -3.48. The van der Waals surface area contributed by atoms with E-state index in [4.69, 9.17) is 11.6 Å². The second-order valence-electron chi connectivity index (χ2n) is 10.5. The van der Waals surface area contributed by atoms with Crippen LogP contribution in [0, 0.1) is 5.92 Å². The average molecular weight is 668 g/mol. The quantitative estimate of drug-likeness (QED) is 0.119. The van der Waals surface area contributed by atoms with Crippen LogP contribution in [0.15, 0.2) is 78.9 Å². The largest absolute Gasteiger partial charge is 0.755 e. The molecule has 2 atom stereocenters. The SMILES string of the molecule is CCCCc1nc(Cl)c(CO)n1Cc1ccc(-c2ccccc2N(C(=O)CNC(=O)C(CS)Cc2ccccc2)S(=O)[O-])cc1. The third kappa shape index (κ3) is 8.83. The Morgan fingerprint density at radius 1 is 1.07 bits per heavy atom. The van der Waals surface area contributed by atoms with Gasteiger partial charge < -0.3 is 19.5 Å². The topological polar surface area (TPSA) is 128 Å². The van der Waals surface area contributed by atoms with E-state index >= 15 is 0 Å². The fraction of sp³-hybridized carbons (Fsp3) is 0.303. The molecule has 0 spiro atoms. The number of aromatic nitrogens is 2. The van der Waals surface area contributed by atoms with E-state index in [0.717, 1.165) is 36.2 Å². The van der Waals surface area contributed by atoms with Crippen LogP contribution in [0.25, 0.3) is 11.1 Å². The highest BCUT2D eigenvalue weighted by Crippen LogP contribution is 2.32. The van der Waals surface area contributed by atoms with Crippen molar-refractivity contribution in [3.8, 4) is 11.1 Å². The highest BCUT2D eigenvalue weighted by molar-refractivity contribution is 7.81. The zero-order valence-electron chi connectivity index (χ0n) is 24.9. The summed E-state index contributed by atoms with van der Waals surface area (Å²) in [4.78, 5) is 30.5. The first kappa shape index (κ1) is 34.4. The number of thiol groups is 1. The molecule has 12 heteroatoms. The van der Waals surface area contributed by atoms with Crippen molar-refractivity contribution in [3.63, 3.8) is 0 Å². The Balaban J connectivity index is 1.51. The van der Waals surface area contributed by atoms with Crippen LogP contribution >= 0.6 is 24.2 Å². The number of amides is 2. The first-order valence-electron chi connectivity index (χ1n) is 14.6. The van der Waals surface area contributed by atoms with Crippen molar-refractivity contribution >= 4 is 53.0 Å². The molecule has 3 aromatic carbocycles. The number of rotatable bonds is 15. The predicted octanol–water partition coefficient (Wildman–Crippen LogP) is 5.12. The number of aryl methyl sites for hydroxylation is 1. The summed E-state index contributed by atoms with van der Waals surface area (Å²) in [7, 11) is 0. The highest BCUT2D eigenvalue weighted by Gasteiger charge is 2.24. The van der Waals surface area contributed by atoms with Crippen molar-refractivity contribution in [2.45, 2.75) is 45.8 Å². The summed E-state index contributed by atoms with van der Waals surface area (Å²) in [5, 5.41) is 12.8. The molecule has 238 valence electrons. The van der Waals surface area contributed by atoms with Gasteiger partial charge in [-0.2, -0.15) is 12.6 Å². The Bertz CT molecular complexity index is 1620. The smallest absolute Gasteiger partial charge is 0.257 e. The monoisotopic (exact) mass is 667 g/mol. The van der Waals surface area contributed by atoms with Crippen LogP contribution in [0.1, 0.15) is 42.4 Å². The molecule has 1 heterocycles. The van der Waals surface area contributed by atoms with E-state index in [1.54, 1.807) is 24.3 Å². The number of carbonyl (C=O) groups excluding carboxylic acids is 2. The van der Waals surface area contributed by atoms with E-state index in [1.807, 2.05) is 59.2 Å². The van der Waals surface area contributed by atoms with Gasteiger partial charge in [-0.05, 0) is 35.6 Å². The van der Waals surface area contributed by atoms with Crippen LogP contribution in [0.4, 0.5) is 5.69 Å². The number of imidazole rings is 1. The number of unbranched alkanes of at least 4 members (excludes halogenated alkanes) is 1. The molecule has 1 aromatic heterocycles. The standard InChI is InChI=1S/C33H37ClN4O5S2/c1-2-3-13-30-36-32(34)29(21-39)37(30)20-24-14-16-25(17-15-24)27-11-7-8-12-28(27)38(45(42)43)31(40)19-35-33(41)26(22-44)18-23-9-5-4-6-10-23/h4-12,14-17,26,39,44H,2-3,13,18-22H2,1H3,(H,35,41)(H,42,43)/p-1. The van der Waals surface area contributed by atoms with Crippen LogP contribution in [-0.4, -0.2) is 47.5 Å². The normalized spacial score (nSPS) is 12.5. The molecule has 0 bridgehead atoms. The molecule has 9 nitrogen and oxygen atoms in total. The van der Waals surface area contributed by atoms with Crippen molar-refractivity contribution in [2.75, 3.05) is 16.6 Å². The third-order valence-electron chi connectivity index (χ3n) is 7.44. The van der Waals surface area contributed by atoms with Gasteiger partial charge in [-0.1, -0.05) is 97.7 Å². The van der Waals surface area contributed by atoms with Crippen LogP contribution in [0.2, 0.25) is 5.15 Å². The Morgan fingerprint density at radius 3 is 2.40 bits per heavy atom. The summed E-state index contributed by atoms with van der Waals surface area (Å²) in [5.74, 6) is -0.605. The second-order valence-corrected chi connectivity index (χ2v) is 12.0. The minimum absolute atomic E-state index is 0.165. The molecular formula is C33H36ClN4O5S2-. The number of anilines is 1. The number of halogens is 1. The number of hydrogen-bond donors (Lipinski definition) is 3. The van der Waals surface area contributed by atoms with E-state index in [0.29, 0.717) is 34.1 Å². The fourth-order valence-electron chi connectivity index (χ4n) is 5.05. The first-order chi connectivity index (χ1) is 21.8. The Kier molecular flexibility index (Phi) is 12.8. The van der Waals surface area contributed by atoms with Gasteiger partial charge in [0.1, 0.15) is 5.82 Å². The van der Waals surface area contributed by atoms with Gasteiger partial charge in [0.15, 0.2) is 5.15 Å². The van der Waals surface area contributed by atoms with Crippen molar-refractivity contribution in [1.82, 2.24) is 14.9 Å². The summed E-state index contributed by atoms with van der Waals surface area (Å²) in [6, 6.07) is 23.6. The van der Waals surface area contributed by atoms with Gasteiger partial charge in [-0.3, -0.25) is 13.8 Å². The lowest BCUT2D eigenvalue weighted by Gasteiger charge is -2.27. The molecule has 0 saturated heterocycles. The molecule has 0 fully saturated rings. The van der Waals surface area contributed by atoms with E-state index in [-0.39, 0.29) is 29.1 Å². The maximum atomic E-state index is 13.2. The van der Waals surface area contributed by atoms with Gasteiger partial charge in [-0.15, -0.1) is 0 Å². The molecular weight excluding hydrogens is 632 g/mol. The van der Waals surface area contributed by atoms with Gasteiger partial charge in [-0.25, -0.2) is 9.29 Å². The maximum absolute atomic E-state index is 13.2. The first-order valence-corrected chi connectivity index (χ1v) is 16.7. The van der Waals surface area contributed by atoms with E-state index < -0.39 is 29.6 Å². The minimum Gasteiger partial charge on any atom is -0.755 e. The number of aliphatic hydroxyl groups is 1. The molecule has 0 radical (unpaired) electrons. The molecule has 4 rings (SSSR count). The van der Waals surface area contributed by atoms with Crippen LogP contribution in [0.5, 0.6) is 0 Å². The van der Waals surface area contributed by atoms with E-state index in [1.165, 1.54) is 0 Å². The molecule has 2 N–H and O–H groups in total. The number of carbonyl (C=O) groups is 2. The number of hydrogen-bond acceptors (Lipinski definition) is 7. The van der Waals surface area contributed by atoms with Crippen LogP contribution in [0.3, 0.4) is 0 Å². The van der Waals surface area contributed by atoms with Crippen molar-refractivity contribution in [1.29, 1.82) is 0 Å². The summed E-state index contributed by atoms with van der Waals surface area (Å²) in [6.45, 7) is 1.81. The van der Waals surface area contributed by atoms with Gasteiger partial charge in [0.2, 0.25) is 5.91 Å². The zero-order valence-corrected chi connectivity index (χ0v) is 27.4. The van der Waals surface area contributed by atoms with Gasteiger partial charge >= 0.3 is 0 Å². The Labute approximate surface area is 276 Å². The highest BCUT2D eigenvalue weighted by atomic mass is 35.5. The molecule has 0 saturated carbocycles. The second kappa shape index (κ2) is 16.7. The molecule has 0 aliphatic rings. The van der Waals surface area contributed by atoms with Crippen molar-refractivity contribution in [3.05, 3.63) is 107 Å². The third-order valence-corrected chi connectivity index (χ3v) is 8.88. The molecule has 4 aromatic rings. The lowest BCUT2D eigenvalue weighted by molar-refractivity contribution is -0.127. The van der Waals surface area contributed by atoms with Crippen molar-refractivity contribution in [2.24, 2.45) is 5.92 Å². The Morgan fingerprint density at radius 2 is 1.76 bits per heavy atom. The van der Waals surface area contributed by atoms with E-state index in [2.05, 4.69) is 29.9 Å². The fourth-order valence-corrected chi connectivity index (χ4v) is 6.16. The molecule has 2 amide bonds. The summed E-state index contributed by atoms with van der Waals surface area (Å²) in [5.41, 5.74) is 3.82. The molecule has 0 aliphatic carbocycles. The number of para-hydroxylation sites is 1. The summed E-state index contributed by atoms with van der Waals surface area (Å²) < 4.78 is 27.3. The van der Waals surface area contributed by atoms with E-state index in [9.17, 15) is 23.5 Å². The lowest BCUT2D eigenvalue weighted by atomic mass is 10.0. The van der Waals surface area contributed by atoms with Crippen molar-refractivity contribution < 1.29 is 23.5 Å². The van der Waals surface area contributed by atoms with Gasteiger partial charge in [0.05, 0.1) is 41.7 Å². The van der Waals surface area contributed by atoms with Gasteiger partial charge in [0.25, 0.3) is 5.91 Å². The predicted molar refractivity (Wildman–Crippen MR) is 180 cm³/mol. The average Bonchev–Trinajstić information content (AvgIpc) is 3.35. The lowest BCUT2D eigenvalue weighted by Crippen LogP contribution is -2.43. The maximum Gasteiger partial charge on any atom is 0.257 e. The number of benzene rings is 3. The molecule has 2 unspecified atom stereocenters. The summed E-state index contributed by atoms with van der Waals surface area (Å²) in [6.07, 6.45) is 3.12. The number of nitrogens with one attached hydrogen (secondary N) is 1.